The van der Waals surface area contributed by atoms with Crippen molar-refractivity contribution in [2.24, 2.45) is 0 Å². The van der Waals surface area contributed by atoms with Gasteiger partial charge in [-0.3, -0.25) is 9.78 Å². The SMILES string of the molecule is COc1ccc([C@H]2C3=C(CCCC3=O)Nc3ccc4ncccc4c32)cc1. The zero-order chi connectivity index (χ0) is 18.4. The van der Waals surface area contributed by atoms with E-state index in [1.54, 1.807) is 7.11 Å². The van der Waals surface area contributed by atoms with Crippen molar-refractivity contribution in [1.82, 2.24) is 4.98 Å². The number of hydrogen-bond donors (Lipinski definition) is 1. The lowest BCUT2D eigenvalue weighted by molar-refractivity contribution is -0.116. The van der Waals surface area contributed by atoms with Gasteiger partial charge in [0, 0.05) is 40.9 Å². The van der Waals surface area contributed by atoms with Crippen molar-refractivity contribution in [2.75, 3.05) is 12.4 Å². The van der Waals surface area contributed by atoms with Crippen LogP contribution in [0.1, 0.15) is 36.3 Å². The Hall–Kier alpha value is -3.14. The molecule has 1 N–H and O–H groups in total. The molecule has 2 aromatic carbocycles. The van der Waals surface area contributed by atoms with Crippen LogP contribution in [0, 0.1) is 0 Å². The number of carbonyl (C=O) groups is 1. The Labute approximate surface area is 157 Å². The molecule has 1 atom stereocenters. The number of aromatic nitrogens is 1. The van der Waals surface area contributed by atoms with Crippen LogP contribution in [0.4, 0.5) is 5.69 Å². The predicted molar refractivity (Wildman–Crippen MR) is 106 cm³/mol. The van der Waals surface area contributed by atoms with Gasteiger partial charge in [0.25, 0.3) is 0 Å². The van der Waals surface area contributed by atoms with Crippen LogP contribution in [0.5, 0.6) is 5.75 Å². The molecule has 4 heteroatoms. The monoisotopic (exact) mass is 356 g/mol. The summed E-state index contributed by atoms with van der Waals surface area (Å²) in [7, 11) is 1.67. The Morgan fingerprint density at radius 3 is 2.74 bits per heavy atom. The molecule has 0 amide bonds. The molecular weight excluding hydrogens is 336 g/mol. The van der Waals surface area contributed by atoms with Crippen molar-refractivity contribution in [3.63, 3.8) is 0 Å². The largest absolute Gasteiger partial charge is 0.497 e. The Balaban J connectivity index is 1.79. The number of nitrogens with one attached hydrogen (secondary N) is 1. The van der Waals surface area contributed by atoms with E-state index in [1.807, 2.05) is 30.5 Å². The molecule has 0 saturated carbocycles. The fourth-order valence-corrected chi connectivity index (χ4v) is 4.36. The summed E-state index contributed by atoms with van der Waals surface area (Å²) in [6.45, 7) is 0. The highest BCUT2D eigenvalue weighted by Crippen LogP contribution is 2.47. The summed E-state index contributed by atoms with van der Waals surface area (Å²) in [6, 6.07) is 16.3. The molecule has 1 aromatic heterocycles. The molecule has 27 heavy (non-hydrogen) atoms. The van der Waals surface area contributed by atoms with Crippen LogP contribution in [0.15, 0.2) is 66.0 Å². The van der Waals surface area contributed by atoms with Crippen LogP contribution in [0.2, 0.25) is 0 Å². The molecule has 0 bridgehead atoms. The second-order valence-corrected chi connectivity index (χ2v) is 7.10. The van der Waals surface area contributed by atoms with E-state index in [9.17, 15) is 4.79 Å². The van der Waals surface area contributed by atoms with Crippen molar-refractivity contribution in [3.8, 4) is 5.75 Å². The first-order valence-corrected chi connectivity index (χ1v) is 9.31. The molecule has 4 nitrogen and oxygen atoms in total. The Morgan fingerprint density at radius 2 is 1.93 bits per heavy atom. The van der Waals surface area contributed by atoms with Crippen LogP contribution in [-0.2, 0) is 4.79 Å². The van der Waals surface area contributed by atoms with Gasteiger partial charge in [-0.05, 0) is 54.3 Å². The lowest BCUT2D eigenvalue weighted by atomic mass is 9.74. The lowest BCUT2D eigenvalue weighted by Gasteiger charge is -2.34. The van der Waals surface area contributed by atoms with Gasteiger partial charge in [-0.15, -0.1) is 0 Å². The average Bonchev–Trinajstić information content (AvgIpc) is 2.72. The Kier molecular flexibility index (Phi) is 3.71. The number of anilines is 1. The zero-order valence-corrected chi connectivity index (χ0v) is 15.2. The van der Waals surface area contributed by atoms with Gasteiger partial charge >= 0.3 is 0 Å². The number of ketones is 1. The fraction of sp³-hybridized carbons (Fsp3) is 0.217. The first kappa shape index (κ1) is 16.1. The van der Waals surface area contributed by atoms with Crippen LogP contribution in [-0.4, -0.2) is 17.9 Å². The first-order valence-electron chi connectivity index (χ1n) is 9.31. The van der Waals surface area contributed by atoms with E-state index in [0.717, 1.165) is 57.6 Å². The third kappa shape index (κ3) is 2.52. The van der Waals surface area contributed by atoms with E-state index in [4.69, 9.17) is 4.74 Å². The van der Waals surface area contributed by atoms with Gasteiger partial charge in [0.2, 0.25) is 0 Å². The number of Topliss-reactive ketones (excluding diaryl/α,β-unsaturated/α-hetero) is 1. The highest BCUT2D eigenvalue weighted by molar-refractivity contribution is 6.03. The molecule has 134 valence electrons. The normalized spacial score (nSPS) is 18.7. The topological polar surface area (TPSA) is 51.2 Å². The summed E-state index contributed by atoms with van der Waals surface area (Å²) in [5, 5.41) is 4.64. The maximum Gasteiger partial charge on any atom is 0.161 e. The third-order valence-corrected chi connectivity index (χ3v) is 5.59. The summed E-state index contributed by atoms with van der Waals surface area (Å²) in [6.07, 6.45) is 4.25. The molecule has 1 aliphatic heterocycles. The molecule has 0 unspecified atom stereocenters. The van der Waals surface area contributed by atoms with E-state index >= 15 is 0 Å². The van der Waals surface area contributed by atoms with E-state index in [2.05, 4.69) is 34.6 Å². The number of fused-ring (bicyclic) bond motifs is 3. The third-order valence-electron chi connectivity index (χ3n) is 5.59. The number of carbonyl (C=O) groups excluding carboxylic acids is 1. The van der Waals surface area contributed by atoms with Crippen LogP contribution < -0.4 is 10.1 Å². The maximum atomic E-state index is 12.9. The molecular formula is C23H20N2O2. The first-order chi connectivity index (χ1) is 13.3. The van der Waals surface area contributed by atoms with E-state index < -0.39 is 0 Å². The summed E-state index contributed by atoms with van der Waals surface area (Å²) in [5.41, 5.74) is 6.25. The van der Waals surface area contributed by atoms with Crippen LogP contribution in [0.3, 0.4) is 0 Å². The minimum atomic E-state index is -0.0807. The van der Waals surface area contributed by atoms with Crippen LogP contribution >= 0.6 is 0 Å². The van der Waals surface area contributed by atoms with Gasteiger partial charge in [-0.25, -0.2) is 0 Å². The molecule has 0 fully saturated rings. The van der Waals surface area contributed by atoms with Gasteiger partial charge in [0.15, 0.2) is 5.78 Å². The number of hydrogen-bond acceptors (Lipinski definition) is 4. The van der Waals surface area contributed by atoms with Crippen LogP contribution in [0.25, 0.3) is 10.9 Å². The number of rotatable bonds is 2. The Bertz CT molecular complexity index is 1080. The number of methoxy groups -OCH3 is 1. The molecule has 2 aliphatic rings. The van der Waals surface area contributed by atoms with Gasteiger partial charge in [0.1, 0.15) is 5.75 Å². The van der Waals surface area contributed by atoms with Gasteiger partial charge in [0.05, 0.1) is 12.6 Å². The highest BCUT2D eigenvalue weighted by atomic mass is 16.5. The molecule has 0 spiro atoms. The van der Waals surface area contributed by atoms with Gasteiger partial charge < -0.3 is 10.1 Å². The summed E-state index contributed by atoms with van der Waals surface area (Å²) >= 11 is 0. The molecule has 1 aliphatic carbocycles. The number of ether oxygens (including phenoxy) is 1. The number of benzene rings is 2. The van der Waals surface area contributed by atoms with E-state index in [1.165, 1.54) is 0 Å². The summed E-state index contributed by atoms with van der Waals surface area (Å²) < 4.78 is 5.32. The fourth-order valence-electron chi connectivity index (χ4n) is 4.36. The van der Waals surface area contributed by atoms with Crippen molar-refractivity contribution in [3.05, 3.63) is 77.1 Å². The second-order valence-electron chi connectivity index (χ2n) is 7.10. The minimum Gasteiger partial charge on any atom is -0.497 e. The highest BCUT2D eigenvalue weighted by Gasteiger charge is 2.36. The quantitative estimate of drug-likeness (QED) is 0.716. The zero-order valence-electron chi connectivity index (χ0n) is 15.2. The van der Waals surface area contributed by atoms with Crippen molar-refractivity contribution in [1.29, 1.82) is 0 Å². The Morgan fingerprint density at radius 1 is 1.07 bits per heavy atom. The standard InChI is InChI=1S/C23H20N2O2/c1-27-15-9-7-14(8-10-15)21-22-16-4-3-13-24-17(16)11-12-19(22)25-18-5-2-6-20(26)23(18)21/h3-4,7-13,21,25H,2,5-6H2,1H3/t21-/m1/s1. The number of nitrogens with zero attached hydrogens (tertiary/aromatic N) is 1. The van der Waals surface area contributed by atoms with Gasteiger partial charge in [-0.1, -0.05) is 18.2 Å². The second kappa shape index (κ2) is 6.23. The lowest BCUT2D eigenvalue weighted by Crippen LogP contribution is -2.27. The van der Waals surface area contributed by atoms with E-state index in [-0.39, 0.29) is 11.7 Å². The minimum absolute atomic E-state index is 0.0807. The van der Waals surface area contributed by atoms with Gasteiger partial charge in [-0.2, -0.15) is 0 Å². The average molecular weight is 356 g/mol. The van der Waals surface area contributed by atoms with E-state index in [0.29, 0.717) is 6.42 Å². The predicted octanol–water partition coefficient (Wildman–Crippen LogP) is 4.81. The smallest absolute Gasteiger partial charge is 0.161 e. The number of pyridine rings is 1. The molecule has 2 heterocycles. The molecule has 0 saturated heterocycles. The summed E-state index contributed by atoms with van der Waals surface area (Å²) in [4.78, 5) is 17.5. The molecule has 0 radical (unpaired) electrons. The van der Waals surface area contributed by atoms with Crippen molar-refractivity contribution >= 4 is 22.4 Å². The number of allylic oxidation sites excluding steroid dienone is 2. The van der Waals surface area contributed by atoms with Crippen molar-refractivity contribution in [2.45, 2.75) is 25.2 Å². The maximum absolute atomic E-state index is 12.9. The van der Waals surface area contributed by atoms with Crippen molar-refractivity contribution < 1.29 is 9.53 Å². The molecule has 3 aromatic rings. The summed E-state index contributed by atoms with van der Waals surface area (Å²) in [5.74, 6) is 0.982. The molecule has 5 rings (SSSR count).